The molecule has 0 bridgehead atoms. The molecule has 4 nitrogen and oxygen atoms in total. The van der Waals surface area contributed by atoms with Crippen LogP contribution in [0.3, 0.4) is 0 Å². The summed E-state index contributed by atoms with van der Waals surface area (Å²) in [6.07, 6.45) is 5.57. The van der Waals surface area contributed by atoms with Gasteiger partial charge >= 0.3 is 0 Å². The van der Waals surface area contributed by atoms with Crippen LogP contribution in [0.15, 0.2) is 30.5 Å². The summed E-state index contributed by atoms with van der Waals surface area (Å²) in [6.45, 7) is 2.24. The molecule has 1 unspecified atom stereocenters. The molecule has 0 spiro atoms. The average Bonchev–Trinajstić information content (AvgIpc) is 2.55. The first-order chi connectivity index (χ1) is 10.4. The fraction of sp³-hybridized carbons (Fsp3) is 0.471. The van der Waals surface area contributed by atoms with Crippen LogP contribution in [0.2, 0.25) is 0 Å². The summed E-state index contributed by atoms with van der Waals surface area (Å²) < 4.78 is 11.6. The van der Waals surface area contributed by atoms with Crippen molar-refractivity contribution >= 4 is 10.8 Å². The molecule has 0 amide bonds. The lowest BCUT2D eigenvalue weighted by molar-refractivity contribution is -0.0116. The van der Waals surface area contributed by atoms with E-state index in [1.165, 1.54) is 17.4 Å². The normalized spacial score (nSPS) is 18.8. The third kappa shape index (κ3) is 3.34. The fourth-order valence-corrected chi connectivity index (χ4v) is 2.78. The van der Waals surface area contributed by atoms with Crippen LogP contribution in [0, 0.1) is 0 Å². The first-order valence-electron chi connectivity index (χ1n) is 7.64. The second kappa shape index (κ2) is 6.87. The molecule has 1 saturated heterocycles. The number of nitrogens with zero attached hydrogens (tertiary/aromatic N) is 1. The first-order valence-corrected chi connectivity index (χ1v) is 7.64. The van der Waals surface area contributed by atoms with Gasteiger partial charge < -0.3 is 14.8 Å². The van der Waals surface area contributed by atoms with Gasteiger partial charge in [-0.05, 0) is 43.3 Å². The highest BCUT2D eigenvalue weighted by Gasteiger charge is 2.16. The smallest absolute Gasteiger partial charge is 0.221 e. The molecule has 1 atom stereocenters. The van der Waals surface area contributed by atoms with Crippen LogP contribution in [0.5, 0.6) is 5.88 Å². The third-order valence-corrected chi connectivity index (χ3v) is 3.89. The molecule has 1 aliphatic heterocycles. The Balaban J connectivity index is 1.80. The summed E-state index contributed by atoms with van der Waals surface area (Å²) in [5.74, 6) is 0.708. The number of hydrogen-bond acceptors (Lipinski definition) is 4. The highest BCUT2D eigenvalue weighted by Crippen LogP contribution is 2.26. The Morgan fingerprint density at radius 2 is 2.14 bits per heavy atom. The Hall–Kier alpha value is -1.65. The second-order valence-electron chi connectivity index (χ2n) is 5.46. The summed E-state index contributed by atoms with van der Waals surface area (Å²) in [4.78, 5) is 4.49. The lowest BCUT2D eigenvalue weighted by Crippen LogP contribution is -2.26. The predicted molar refractivity (Wildman–Crippen MR) is 83.6 cm³/mol. The van der Waals surface area contributed by atoms with Gasteiger partial charge in [0.25, 0.3) is 0 Å². The minimum Gasteiger partial charge on any atom is -0.474 e. The van der Waals surface area contributed by atoms with Gasteiger partial charge in [0.05, 0.1) is 6.10 Å². The molecule has 112 valence electrons. The van der Waals surface area contributed by atoms with Gasteiger partial charge in [-0.3, -0.25) is 0 Å². The molecule has 1 aromatic heterocycles. The maximum absolute atomic E-state index is 5.94. The van der Waals surface area contributed by atoms with Crippen molar-refractivity contribution in [2.24, 2.45) is 0 Å². The molecule has 0 saturated carbocycles. The number of rotatable bonds is 5. The molecule has 1 aliphatic rings. The first kappa shape index (κ1) is 14.3. The van der Waals surface area contributed by atoms with E-state index in [4.69, 9.17) is 9.47 Å². The monoisotopic (exact) mass is 286 g/mol. The van der Waals surface area contributed by atoms with E-state index in [0.717, 1.165) is 31.4 Å². The number of aromatic nitrogens is 1. The number of nitrogens with one attached hydrogen (secondary N) is 1. The van der Waals surface area contributed by atoms with Crippen LogP contribution >= 0.6 is 0 Å². The van der Waals surface area contributed by atoms with E-state index in [9.17, 15) is 0 Å². The van der Waals surface area contributed by atoms with Gasteiger partial charge in [-0.25, -0.2) is 4.98 Å². The van der Waals surface area contributed by atoms with E-state index >= 15 is 0 Å². The van der Waals surface area contributed by atoms with E-state index in [0.29, 0.717) is 12.5 Å². The Kier molecular flexibility index (Phi) is 4.68. The maximum Gasteiger partial charge on any atom is 0.221 e. The highest BCUT2D eigenvalue weighted by atomic mass is 16.5. The van der Waals surface area contributed by atoms with Crippen LogP contribution in [-0.4, -0.2) is 31.3 Å². The van der Waals surface area contributed by atoms with E-state index < -0.39 is 0 Å². The summed E-state index contributed by atoms with van der Waals surface area (Å²) in [5, 5.41) is 5.44. The molecule has 0 radical (unpaired) electrons. The minimum atomic E-state index is 0.205. The Morgan fingerprint density at radius 1 is 1.29 bits per heavy atom. The minimum absolute atomic E-state index is 0.205. The van der Waals surface area contributed by atoms with Crippen molar-refractivity contribution in [1.82, 2.24) is 10.3 Å². The fourth-order valence-electron chi connectivity index (χ4n) is 2.78. The van der Waals surface area contributed by atoms with Crippen LogP contribution in [0.4, 0.5) is 0 Å². The lowest BCUT2D eigenvalue weighted by Gasteiger charge is -2.22. The molecule has 1 N–H and O–H groups in total. The molecule has 21 heavy (non-hydrogen) atoms. The number of fused-ring (bicyclic) bond motifs is 1. The van der Waals surface area contributed by atoms with Gasteiger partial charge in [0, 0.05) is 24.7 Å². The van der Waals surface area contributed by atoms with Crippen molar-refractivity contribution in [3.8, 4) is 5.88 Å². The molecule has 3 rings (SSSR count). The lowest BCUT2D eigenvalue weighted by atomic mass is 10.1. The molecule has 2 aromatic rings. The molecule has 2 heterocycles. The third-order valence-electron chi connectivity index (χ3n) is 3.89. The van der Waals surface area contributed by atoms with Crippen LogP contribution in [-0.2, 0) is 11.3 Å². The zero-order valence-electron chi connectivity index (χ0n) is 12.5. The molecule has 1 aromatic carbocycles. The van der Waals surface area contributed by atoms with Gasteiger partial charge in [-0.2, -0.15) is 0 Å². The molecule has 4 heteroatoms. The number of hydrogen-bond donors (Lipinski definition) is 1. The molecule has 1 fully saturated rings. The van der Waals surface area contributed by atoms with E-state index in [2.05, 4.69) is 28.5 Å². The Morgan fingerprint density at radius 3 is 2.90 bits per heavy atom. The van der Waals surface area contributed by atoms with Gasteiger partial charge in [0.2, 0.25) is 5.88 Å². The summed E-state index contributed by atoms with van der Waals surface area (Å²) in [5.41, 5.74) is 1.19. The van der Waals surface area contributed by atoms with Gasteiger partial charge in [0.1, 0.15) is 6.61 Å². The zero-order chi connectivity index (χ0) is 14.5. The van der Waals surface area contributed by atoms with Gasteiger partial charge in [-0.1, -0.05) is 18.2 Å². The van der Waals surface area contributed by atoms with Gasteiger partial charge in [0.15, 0.2) is 0 Å². The summed E-state index contributed by atoms with van der Waals surface area (Å²) in [6, 6.07) is 8.26. The van der Waals surface area contributed by atoms with Crippen molar-refractivity contribution in [3.63, 3.8) is 0 Å². The predicted octanol–water partition coefficient (Wildman–Crippen LogP) is 2.90. The quantitative estimate of drug-likeness (QED) is 0.918. The average molecular weight is 286 g/mol. The van der Waals surface area contributed by atoms with Crippen LogP contribution < -0.4 is 10.1 Å². The summed E-state index contributed by atoms with van der Waals surface area (Å²) in [7, 11) is 1.94. The van der Waals surface area contributed by atoms with Crippen molar-refractivity contribution in [2.75, 3.05) is 20.3 Å². The highest BCUT2D eigenvalue weighted by molar-refractivity contribution is 5.89. The van der Waals surface area contributed by atoms with Crippen molar-refractivity contribution in [3.05, 3.63) is 36.0 Å². The zero-order valence-corrected chi connectivity index (χ0v) is 12.5. The second-order valence-corrected chi connectivity index (χ2v) is 5.46. The number of benzene rings is 1. The van der Waals surface area contributed by atoms with Crippen molar-refractivity contribution < 1.29 is 9.47 Å². The van der Waals surface area contributed by atoms with E-state index in [1.54, 1.807) is 0 Å². The topological polar surface area (TPSA) is 43.4 Å². The van der Waals surface area contributed by atoms with Crippen LogP contribution in [0.1, 0.15) is 24.8 Å². The molecular formula is C17H22N2O2. The number of pyridine rings is 1. The molecular weight excluding hydrogens is 264 g/mol. The van der Waals surface area contributed by atoms with E-state index in [1.807, 2.05) is 19.3 Å². The standard InChI is InChI=1S/C17H22N2O2/c1-18-10-13-11-19-17(16-8-3-2-7-15(13)16)21-12-14-6-4-5-9-20-14/h2-3,7-8,11,14,18H,4-6,9-10,12H2,1H3. The SMILES string of the molecule is CNCc1cnc(OCC2CCCCO2)c2ccccc12. The van der Waals surface area contributed by atoms with Crippen LogP contribution in [0.25, 0.3) is 10.8 Å². The Bertz CT molecular complexity index is 594. The largest absolute Gasteiger partial charge is 0.474 e. The van der Waals surface area contributed by atoms with Crippen molar-refractivity contribution in [1.29, 1.82) is 0 Å². The van der Waals surface area contributed by atoms with Gasteiger partial charge in [-0.15, -0.1) is 0 Å². The van der Waals surface area contributed by atoms with E-state index in [-0.39, 0.29) is 6.10 Å². The Labute approximate surface area is 125 Å². The van der Waals surface area contributed by atoms with Crippen molar-refractivity contribution in [2.45, 2.75) is 31.9 Å². The molecule has 0 aliphatic carbocycles. The number of ether oxygens (including phenoxy) is 2. The summed E-state index contributed by atoms with van der Waals surface area (Å²) >= 11 is 0. The maximum atomic E-state index is 5.94.